The van der Waals surface area contributed by atoms with Crippen molar-refractivity contribution in [1.29, 1.82) is 0 Å². The van der Waals surface area contributed by atoms with Gasteiger partial charge in [0, 0.05) is 17.1 Å². The Bertz CT molecular complexity index is 548. The van der Waals surface area contributed by atoms with E-state index in [-0.39, 0.29) is 0 Å². The highest BCUT2D eigenvalue weighted by Crippen LogP contribution is 2.26. The number of nitrogen functional groups attached to an aromatic ring is 1. The molecule has 0 amide bonds. The lowest BCUT2D eigenvalue weighted by Gasteiger charge is -2.12. The SMILES string of the molecule is CC.COc1ccc(Nc2cc(N)cc(C(C)C)c2)cc1. The standard InChI is InChI=1S/C16H20N2O.C2H6/c1-11(2)12-8-13(17)10-15(9-12)18-14-4-6-16(19-3)7-5-14;1-2/h4-11,18H,17H2,1-3H3;1-2H3. The minimum absolute atomic E-state index is 0.458. The predicted octanol–water partition coefficient (Wildman–Crippen LogP) is 5.17. The first-order valence-corrected chi connectivity index (χ1v) is 7.40. The second-order valence-corrected chi connectivity index (χ2v) is 4.90. The molecule has 3 nitrogen and oxygen atoms in total. The predicted molar refractivity (Wildman–Crippen MR) is 92.6 cm³/mol. The van der Waals surface area contributed by atoms with Crippen molar-refractivity contribution in [1.82, 2.24) is 0 Å². The summed E-state index contributed by atoms with van der Waals surface area (Å²) >= 11 is 0. The smallest absolute Gasteiger partial charge is 0.119 e. The van der Waals surface area contributed by atoms with Crippen molar-refractivity contribution in [2.75, 3.05) is 18.2 Å². The lowest BCUT2D eigenvalue weighted by Crippen LogP contribution is -1.96. The van der Waals surface area contributed by atoms with Crippen LogP contribution in [0.25, 0.3) is 0 Å². The Morgan fingerprint density at radius 3 is 2.10 bits per heavy atom. The van der Waals surface area contributed by atoms with E-state index in [1.54, 1.807) is 7.11 Å². The summed E-state index contributed by atoms with van der Waals surface area (Å²) in [7, 11) is 1.66. The van der Waals surface area contributed by atoms with E-state index in [2.05, 4.69) is 25.2 Å². The van der Waals surface area contributed by atoms with Gasteiger partial charge in [-0.3, -0.25) is 0 Å². The normalized spacial score (nSPS) is 9.81. The molecule has 0 aliphatic carbocycles. The molecule has 21 heavy (non-hydrogen) atoms. The van der Waals surface area contributed by atoms with Crippen LogP contribution < -0.4 is 15.8 Å². The van der Waals surface area contributed by atoms with Crippen molar-refractivity contribution in [2.24, 2.45) is 0 Å². The molecule has 0 unspecified atom stereocenters. The lowest BCUT2D eigenvalue weighted by molar-refractivity contribution is 0.415. The van der Waals surface area contributed by atoms with Gasteiger partial charge in [0.2, 0.25) is 0 Å². The van der Waals surface area contributed by atoms with Crippen molar-refractivity contribution in [3.8, 4) is 5.75 Å². The van der Waals surface area contributed by atoms with Crippen molar-refractivity contribution >= 4 is 17.1 Å². The minimum Gasteiger partial charge on any atom is -0.497 e. The average molecular weight is 286 g/mol. The Labute approximate surface area is 128 Å². The van der Waals surface area contributed by atoms with Crippen LogP contribution in [0.15, 0.2) is 42.5 Å². The van der Waals surface area contributed by atoms with Gasteiger partial charge in [-0.1, -0.05) is 27.7 Å². The van der Waals surface area contributed by atoms with E-state index in [1.807, 2.05) is 50.2 Å². The minimum atomic E-state index is 0.458. The summed E-state index contributed by atoms with van der Waals surface area (Å²) in [5.41, 5.74) is 9.97. The van der Waals surface area contributed by atoms with Gasteiger partial charge >= 0.3 is 0 Å². The number of hydrogen-bond donors (Lipinski definition) is 2. The van der Waals surface area contributed by atoms with Crippen LogP contribution in [0.1, 0.15) is 39.2 Å². The number of anilines is 3. The largest absolute Gasteiger partial charge is 0.497 e. The Hall–Kier alpha value is -2.16. The molecule has 0 saturated heterocycles. The maximum atomic E-state index is 5.94. The molecule has 0 radical (unpaired) electrons. The molecule has 0 aliphatic rings. The van der Waals surface area contributed by atoms with E-state index in [0.717, 1.165) is 22.8 Å². The number of methoxy groups -OCH3 is 1. The monoisotopic (exact) mass is 286 g/mol. The van der Waals surface area contributed by atoms with E-state index < -0.39 is 0 Å². The summed E-state index contributed by atoms with van der Waals surface area (Å²) in [6.45, 7) is 8.32. The van der Waals surface area contributed by atoms with Gasteiger partial charge in [-0.2, -0.15) is 0 Å². The van der Waals surface area contributed by atoms with Crippen molar-refractivity contribution in [2.45, 2.75) is 33.6 Å². The summed E-state index contributed by atoms with van der Waals surface area (Å²) in [5, 5.41) is 3.36. The second-order valence-electron chi connectivity index (χ2n) is 4.90. The zero-order valence-electron chi connectivity index (χ0n) is 13.6. The van der Waals surface area contributed by atoms with Crippen LogP contribution in [-0.2, 0) is 0 Å². The molecule has 2 rings (SSSR count). The van der Waals surface area contributed by atoms with Crippen LogP contribution in [0.3, 0.4) is 0 Å². The van der Waals surface area contributed by atoms with Gasteiger partial charge in [0.25, 0.3) is 0 Å². The van der Waals surface area contributed by atoms with Crippen molar-refractivity contribution in [3.05, 3.63) is 48.0 Å². The fraction of sp³-hybridized carbons (Fsp3) is 0.333. The maximum Gasteiger partial charge on any atom is 0.119 e. The Balaban J connectivity index is 0.00000106. The second kappa shape index (κ2) is 8.20. The molecule has 0 aliphatic heterocycles. The van der Waals surface area contributed by atoms with E-state index in [1.165, 1.54) is 5.56 Å². The number of ether oxygens (including phenoxy) is 1. The number of hydrogen-bond acceptors (Lipinski definition) is 3. The summed E-state index contributed by atoms with van der Waals surface area (Å²) < 4.78 is 5.14. The maximum absolute atomic E-state index is 5.94. The van der Waals surface area contributed by atoms with Crippen LogP contribution in [0.2, 0.25) is 0 Å². The summed E-state index contributed by atoms with van der Waals surface area (Å²) in [6, 6.07) is 13.9. The Kier molecular flexibility index (Phi) is 6.60. The first kappa shape index (κ1) is 16.9. The molecule has 3 N–H and O–H groups in total. The Morgan fingerprint density at radius 1 is 0.952 bits per heavy atom. The molecule has 0 heterocycles. The van der Waals surface area contributed by atoms with Gasteiger partial charge < -0.3 is 15.8 Å². The van der Waals surface area contributed by atoms with Gasteiger partial charge in [-0.05, 0) is 53.9 Å². The molecule has 0 saturated carbocycles. The molecule has 0 atom stereocenters. The van der Waals surface area contributed by atoms with Gasteiger partial charge in [-0.15, -0.1) is 0 Å². The molecule has 0 spiro atoms. The van der Waals surface area contributed by atoms with E-state index in [0.29, 0.717) is 5.92 Å². The molecular formula is C18H26N2O. The highest BCUT2D eigenvalue weighted by Gasteiger charge is 2.03. The summed E-state index contributed by atoms with van der Waals surface area (Å²) in [4.78, 5) is 0. The molecule has 0 bridgehead atoms. The zero-order chi connectivity index (χ0) is 15.8. The summed E-state index contributed by atoms with van der Waals surface area (Å²) in [6.07, 6.45) is 0. The van der Waals surface area contributed by atoms with Crippen LogP contribution in [0.4, 0.5) is 17.1 Å². The third kappa shape index (κ3) is 5.03. The summed E-state index contributed by atoms with van der Waals surface area (Å²) in [5.74, 6) is 1.31. The van der Waals surface area contributed by atoms with Gasteiger partial charge in [-0.25, -0.2) is 0 Å². The molecular weight excluding hydrogens is 260 g/mol. The lowest BCUT2D eigenvalue weighted by atomic mass is 10.0. The molecule has 0 fully saturated rings. The third-order valence-corrected chi connectivity index (χ3v) is 3.02. The fourth-order valence-electron chi connectivity index (χ4n) is 1.92. The third-order valence-electron chi connectivity index (χ3n) is 3.02. The van der Waals surface area contributed by atoms with Crippen LogP contribution in [-0.4, -0.2) is 7.11 Å². The van der Waals surface area contributed by atoms with E-state index in [4.69, 9.17) is 10.5 Å². The number of nitrogens with one attached hydrogen (secondary N) is 1. The van der Waals surface area contributed by atoms with E-state index >= 15 is 0 Å². The van der Waals surface area contributed by atoms with Crippen LogP contribution in [0, 0.1) is 0 Å². The van der Waals surface area contributed by atoms with Crippen LogP contribution in [0.5, 0.6) is 5.75 Å². The highest BCUT2D eigenvalue weighted by atomic mass is 16.5. The molecule has 0 aromatic heterocycles. The molecule has 2 aromatic carbocycles. The molecule has 114 valence electrons. The van der Waals surface area contributed by atoms with Gasteiger partial charge in [0.05, 0.1) is 7.11 Å². The van der Waals surface area contributed by atoms with Crippen LogP contribution >= 0.6 is 0 Å². The fourth-order valence-corrected chi connectivity index (χ4v) is 1.92. The highest BCUT2D eigenvalue weighted by molar-refractivity contribution is 5.65. The first-order chi connectivity index (χ1) is 10.1. The van der Waals surface area contributed by atoms with Crippen molar-refractivity contribution in [3.63, 3.8) is 0 Å². The Morgan fingerprint density at radius 2 is 1.57 bits per heavy atom. The number of nitrogens with two attached hydrogens (primary N) is 1. The average Bonchev–Trinajstić information content (AvgIpc) is 2.49. The van der Waals surface area contributed by atoms with Gasteiger partial charge in [0.15, 0.2) is 0 Å². The van der Waals surface area contributed by atoms with Gasteiger partial charge in [0.1, 0.15) is 5.75 Å². The number of rotatable bonds is 4. The van der Waals surface area contributed by atoms with Crippen molar-refractivity contribution < 1.29 is 4.74 Å². The molecule has 2 aromatic rings. The zero-order valence-corrected chi connectivity index (χ0v) is 13.6. The quantitative estimate of drug-likeness (QED) is 0.762. The first-order valence-electron chi connectivity index (χ1n) is 7.40. The van der Waals surface area contributed by atoms with E-state index in [9.17, 15) is 0 Å². The topological polar surface area (TPSA) is 47.3 Å². The molecule has 3 heteroatoms. The number of benzene rings is 2.